The predicted octanol–water partition coefficient (Wildman–Crippen LogP) is 4.00. The van der Waals surface area contributed by atoms with E-state index >= 15 is 0 Å². The molecule has 1 atom stereocenters. The van der Waals surface area contributed by atoms with Gasteiger partial charge in [-0.25, -0.2) is 22.7 Å². The zero-order valence-corrected chi connectivity index (χ0v) is 18.3. The van der Waals surface area contributed by atoms with Gasteiger partial charge in [0.1, 0.15) is 10.5 Å². The molecule has 0 radical (unpaired) electrons. The largest absolute Gasteiger partial charge is 0.369 e. The van der Waals surface area contributed by atoms with Crippen LogP contribution in [0, 0.1) is 0 Å². The number of hydrogen-bond donors (Lipinski definition) is 1. The third kappa shape index (κ3) is 3.32. The molecule has 0 fully saturated rings. The van der Waals surface area contributed by atoms with Crippen LogP contribution in [-0.4, -0.2) is 36.5 Å². The molecule has 0 bridgehead atoms. The lowest BCUT2D eigenvalue weighted by Gasteiger charge is -2.33. The van der Waals surface area contributed by atoms with Gasteiger partial charge in [0.2, 0.25) is 16.0 Å². The Kier molecular flexibility index (Phi) is 4.73. The first-order valence-electron chi connectivity index (χ1n) is 8.32. The zero-order valence-electron chi connectivity index (χ0n) is 15.1. The Labute approximate surface area is 176 Å². The Bertz CT molecular complexity index is 1150. The van der Waals surface area contributed by atoms with Gasteiger partial charge >= 0.3 is 0 Å². The number of sulfonamides is 1. The second-order valence-electron chi connectivity index (χ2n) is 6.67. The van der Waals surface area contributed by atoms with Crippen LogP contribution >= 0.6 is 34.3 Å². The summed E-state index contributed by atoms with van der Waals surface area (Å²) < 4.78 is 25.9. The number of thiazole rings is 1. The van der Waals surface area contributed by atoms with E-state index in [4.69, 9.17) is 17.3 Å². The molecule has 0 amide bonds. The van der Waals surface area contributed by atoms with E-state index in [9.17, 15) is 8.42 Å². The molecule has 1 aromatic carbocycles. The summed E-state index contributed by atoms with van der Waals surface area (Å²) in [6.45, 7) is 1.75. The smallest absolute Gasteiger partial charge is 0.239 e. The molecule has 1 aliphatic rings. The van der Waals surface area contributed by atoms with Crippen molar-refractivity contribution in [3.05, 3.63) is 51.8 Å². The lowest BCUT2D eigenvalue weighted by molar-refractivity contribution is 0.482. The monoisotopic (exact) mass is 452 g/mol. The van der Waals surface area contributed by atoms with Crippen LogP contribution in [0.2, 0.25) is 5.02 Å². The first kappa shape index (κ1) is 19.4. The Hall–Kier alpha value is -1.94. The number of halogens is 1. The van der Waals surface area contributed by atoms with Crippen LogP contribution in [0.1, 0.15) is 11.8 Å². The normalized spacial score (nSPS) is 21.5. The fraction of sp³-hybridized carbons (Fsp3) is 0.222. The van der Waals surface area contributed by atoms with Gasteiger partial charge in [-0.1, -0.05) is 35.9 Å². The van der Waals surface area contributed by atoms with Gasteiger partial charge in [0.05, 0.1) is 15.7 Å². The number of benzene rings is 1. The van der Waals surface area contributed by atoms with Crippen molar-refractivity contribution in [2.75, 3.05) is 12.8 Å². The molecule has 2 aromatic heterocycles. The van der Waals surface area contributed by atoms with E-state index in [2.05, 4.69) is 9.98 Å². The van der Waals surface area contributed by atoms with Crippen molar-refractivity contribution in [2.24, 2.45) is 10.7 Å². The van der Waals surface area contributed by atoms with Crippen LogP contribution in [0.25, 0.3) is 21.0 Å². The average molecular weight is 453 g/mol. The van der Waals surface area contributed by atoms with Gasteiger partial charge in [-0.05, 0) is 18.6 Å². The molecule has 28 heavy (non-hydrogen) atoms. The number of thiophene rings is 1. The maximum atomic E-state index is 12.4. The molecular formula is C18H17ClN4O2S3. The average Bonchev–Trinajstić information content (AvgIpc) is 3.29. The summed E-state index contributed by atoms with van der Waals surface area (Å²) in [4.78, 5) is 10.4. The predicted molar refractivity (Wildman–Crippen MR) is 116 cm³/mol. The van der Waals surface area contributed by atoms with E-state index in [0.717, 1.165) is 25.3 Å². The van der Waals surface area contributed by atoms with Crippen LogP contribution in [0.15, 0.2) is 46.9 Å². The highest BCUT2D eigenvalue weighted by Crippen LogP contribution is 2.44. The summed E-state index contributed by atoms with van der Waals surface area (Å²) in [6.07, 6.45) is 1.78. The van der Waals surface area contributed by atoms with Gasteiger partial charge in [0.25, 0.3) is 0 Å². The second kappa shape index (κ2) is 6.84. The highest BCUT2D eigenvalue weighted by atomic mass is 35.5. The molecule has 3 heterocycles. The summed E-state index contributed by atoms with van der Waals surface area (Å²) >= 11 is 9.51. The fourth-order valence-corrected chi connectivity index (χ4v) is 6.90. The van der Waals surface area contributed by atoms with Crippen molar-refractivity contribution in [2.45, 2.75) is 12.5 Å². The quantitative estimate of drug-likeness (QED) is 0.650. The van der Waals surface area contributed by atoms with Crippen LogP contribution in [0.4, 0.5) is 0 Å². The molecule has 4 rings (SSSR count). The van der Waals surface area contributed by atoms with Crippen molar-refractivity contribution >= 4 is 50.3 Å². The van der Waals surface area contributed by atoms with Crippen LogP contribution in [0.5, 0.6) is 0 Å². The summed E-state index contributed by atoms with van der Waals surface area (Å²) in [6, 6.07) is 9.89. The number of aliphatic imine (C=N–C) groups is 1. The third-order valence-electron chi connectivity index (χ3n) is 4.59. The van der Waals surface area contributed by atoms with Crippen LogP contribution in [0.3, 0.4) is 0 Å². The van der Waals surface area contributed by atoms with E-state index in [1.165, 1.54) is 18.4 Å². The summed E-state index contributed by atoms with van der Waals surface area (Å²) in [7, 11) is -2.15. The lowest BCUT2D eigenvalue weighted by Crippen LogP contribution is -2.50. The van der Waals surface area contributed by atoms with Crippen molar-refractivity contribution in [1.82, 2.24) is 9.29 Å². The number of guanidine groups is 1. The van der Waals surface area contributed by atoms with Crippen molar-refractivity contribution in [1.29, 1.82) is 0 Å². The van der Waals surface area contributed by atoms with Gasteiger partial charge in [0.15, 0.2) is 0 Å². The Morgan fingerprint density at radius 2 is 1.93 bits per heavy atom. The molecule has 2 N–H and O–H groups in total. The minimum atomic E-state index is -3.55. The first-order valence-corrected chi connectivity index (χ1v) is 12.0. The molecular weight excluding hydrogens is 436 g/mol. The van der Waals surface area contributed by atoms with Crippen molar-refractivity contribution < 1.29 is 8.42 Å². The zero-order chi connectivity index (χ0) is 20.1. The topological polar surface area (TPSA) is 88.7 Å². The molecule has 1 unspecified atom stereocenters. The molecule has 10 heteroatoms. The maximum Gasteiger partial charge on any atom is 0.239 e. The van der Waals surface area contributed by atoms with E-state index in [0.29, 0.717) is 9.90 Å². The highest BCUT2D eigenvalue weighted by Gasteiger charge is 2.42. The van der Waals surface area contributed by atoms with Gasteiger partial charge in [-0.2, -0.15) is 0 Å². The maximum absolute atomic E-state index is 12.4. The molecule has 1 aliphatic heterocycles. The fourth-order valence-electron chi connectivity index (χ4n) is 3.09. The Morgan fingerprint density at radius 1 is 1.25 bits per heavy atom. The third-order valence-corrected chi connectivity index (χ3v) is 9.21. The summed E-state index contributed by atoms with van der Waals surface area (Å²) in [5.41, 5.74) is 6.88. The van der Waals surface area contributed by atoms with Gasteiger partial charge in [-0.15, -0.1) is 22.7 Å². The van der Waals surface area contributed by atoms with Crippen molar-refractivity contribution in [3.8, 4) is 21.0 Å². The molecule has 0 aliphatic carbocycles. The summed E-state index contributed by atoms with van der Waals surface area (Å²) in [5, 5.41) is 3.39. The van der Waals surface area contributed by atoms with E-state index in [1.54, 1.807) is 24.5 Å². The first-order chi connectivity index (χ1) is 13.2. The lowest BCUT2D eigenvalue weighted by atomic mass is 10.0. The Morgan fingerprint density at radius 3 is 2.54 bits per heavy atom. The minimum Gasteiger partial charge on any atom is -0.369 e. The molecule has 0 saturated carbocycles. The van der Waals surface area contributed by atoms with Crippen molar-refractivity contribution in [3.63, 3.8) is 0 Å². The summed E-state index contributed by atoms with van der Waals surface area (Å²) in [5.74, 6) is -0.215. The molecule has 146 valence electrons. The van der Waals surface area contributed by atoms with Crippen LogP contribution < -0.4 is 5.73 Å². The minimum absolute atomic E-state index is 0.0347. The number of nitrogens with two attached hydrogens (primary N) is 1. The van der Waals surface area contributed by atoms with Gasteiger partial charge in [0, 0.05) is 29.1 Å². The molecule has 3 aromatic rings. The highest BCUT2D eigenvalue weighted by molar-refractivity contribution is 7.89. The van der Waals surface area contributed by atoms with Gasteiger partial charge in [-0.3, -0.25) is 0 Å². The standard InChI is InChI=1S/C18H17ClN4O2S3/c1-18(10-28(24,25)23(2)17(20)22-18)15-13(19)9-14(27-15)11-3-5-12(6-4-11)16-21-7-8-26-16/h3-9H,10H2,1-2H3,(H2,20,22). The van der Waals surface area contributed by atoms with E-state index < -0.39 is 15.6 Å². The van der Waals surface area contributed by atoms with E-state index in [1.807, 2.05) is 35.7 Å². The number of hydrogen-bond acceptors (Lipinski definition) is 7. The number of aromatic nitrogens is 1. The SMILES string of the molecule is CN1C(N)=NC(C)(c2sc(-c3ccc(-c4nccs4)cc3)cc2Cl)CS1(=O)=O. The molecule has 0 saturated heterocycles. The second-order valence-corrected chi connectivity index (χ2v) is 11.0. The number of rotatable bonds is 3. The van der Waals surface area contributed by atoms with Gasteiger partial charge < -0.3 is 5.73 Å². The van der Waals surface area contributed by atoms with E-state index in [-0.39, 0.29) is 11.7 Å². The molecule has 0 spiro atoms. The van der Waals surface area contributed by atoms with Crippen LogP contribution in [-0.2, 0) is 15.6 Å². The number of nitrogens with zero attached hydrogens (tertiary/aromatic N) is 3. The Balaban J connectivity index is 1.71. The molecule has 6 nitrogen and oxygen atoms in total.